The first-order valence-electron chi connectivity index (χ1n) is 10.7. The minimum atomic E-state index is -0.386. The fourth-order valence-electron chi connectivity index (χ4n) is 3.56. The molecule has 0 aliphatic carbocycles. The Morgan fingerprint density at radius 2 is 1.81 bits per heavy atom. The number of amides is 1. The first-order valence-corrected chi connectivity index (χ1v) is 10.7. The third-order valence-corrected chi connectivity index (χ3v) is 5.28. The third kappa shape index (κ3) is 4.72. The molecule has 0 radical (unpaired) electrons. The molecule has 0 aliphatic heterocycles. The summed E-state index contributed by atoms with van der Waals surface area (Å²) in [5.74, 6) is 0.462. The standard InChI is InChI=1S/C27H25NO4/c1-3-4-14-31-22-10-7-9-20(16-22)26(29)28-21-12-13-23(18(2)15-21)24-17-19-8-5-6-11-25(19)32-27(24)30/h5-13,15-17H,3-4,14H2,1-2H3,(H,28,29). The van der Waals surface area contributed by atoms with Gasteiger partial charge >= 0.3 is 5.63 Å². The van der Waals surface area contributed by atoms with E-state index >= 15 is 0 Å². The van der Waals surface area contributed by atoms with Crippen LogP contribution in [0.15, 0.2) is 82.0 Å². The summed E-state index contributed by atoms with van der Waals surface area (Å²) >= 11 is 0. The third-order valence-electron chi connectivity index (χ3n) is 5.28. The molecular formula is C27H25NO4. The Labute approximate surface area is 186 Å². The van der Waals surface area contributed by atoms with Crippen molar-refractivity contribution in [2.45, 2.75) is 26.7 Å². The van der Waals surface area contributed by atoms with Crippen molar-refractivity contribution in [1.29, 1.82) is 0 Å². The van der Waals surface area contributed by atoms with E-state index in [0.29, 0.717) is 34.8 Å². The molecule has 0 fully saturated rings. The van der Waals surface area contributed by atoms with Gasteiger partial charge in [0, 0.05) is 16.6 Å². The quantitative estimate of drug-likeness (QED) is 0.282. The van der Waals surface area contributed by atoms with Gasteiger partial charge in [-0.05, 0) is 66.9 Å². The molecule has 0 saturated carbocycles. The molecule has 1 heterocycles. The zero-order chi connectivity index (χ0) is 22.5. The Morgan fingerprint density at radius 1 is 0.969 bits per heavy atom. The highest BCUT2D eigenvalue weighted by Gasteiger charge is 2.12. The second-order valence-corrected chi connectivity index (χ2v) is 7.70. The van der Waals surface area contributed by atoms with E-state index in [1.807, 2.05) is 55.5 Å². The molecule has 0 spiro atoms. The first kappa shape index (κ1) is 21.4. The Bertz CT molecular complexity index is 1320. The molecular weight excluding hydrogens is 402 g/mol. The molecule has 3 aromatic carbocycles. The van der Waals surface area contributed by atoms with Gasteiger partial charge in [0.1, 0.15) is 11.3 Å². The van der Waals surface area contributed by atoms with E-state index in [4.69, 9.17) is 9.15 Å². The largest absolute Gasteiger partial charge is 0.494 e. The van der Waals surface area contributed by atoms with Crippen LogP contribution in [-0.2, 0) is 0 Å². The lowest BCUT2D eigenvalue weighted by atomic mass is 10.0. The van der Waals surface area contributed by atoms with Gasteiger partial charge < -0.3 is 14.5 Å². The number of hydrogen-bond acceptors (Lipinski definition) is 4. The number of carbonyl (C=O) groups is 1. The van der Waals surface area contributed by atoms with Crippen molar-refractivity contribution in [2.24, 2.45) is 0 Å². The molecule has 1 aromatic heterocycles. The maximum Gasteiger partial charge on any atom is 0.344 e. The average molecular weight is 428 g/mol. The molecule has 1 amide bonds. The average Bonchev–Trinajstić information content (AvgIpc) is 2.79. The summed E-state index contributed by atoms with van der Waals surface area (Å²) in [5.41, 5.74) is 3.48. The minimum Gasteiger partial charge on any atom is -0.494 e. The van der Waals surface area contributed by atoms with Crippen LogP contribution in [0.2, 0.25) is 0 Å². The van der Waals surface area contributed by atoms with Crippen LogP contribution in [0.5, 0.6) is 5.75 Å². The van der Waals surface area contributed by atoms with Crippen LogP contribution in [-0.4, -0.2) is 12.5 Å². The molecule has 0 atom stereocenters. The van der Waals surface area contributed by atoms with Crippen LogP contribution in [0, 0.1) is 6.92 Å². The Kier molecular flexibility index (Phi) is 6.36. The fourth-order valence-corrected chi connectivity index (χ4v) is 3.56. The van der Waals surface area contributed by atoms with E-state index in [1.165, 1.54) is 0 Å². The van der Waals surface area contributed by atoms with Crippen molar-refractivity contribution in [3.63, 3.8) is 0 Å². The van der Waals surface area contributed by atoms with Gasteiger partial charge in [-0.3, -0.25) is 4.79 Å². The monoisotopic (exact) mass is 427 g/mol. The molecule has 5 nitrogen and oxygen atoms in total. The van der Waals surface area contributed by atoms with Crippen molar-refractivity contribution in [2.75, 3.05) is 11.9 Å². The molecule has 5 heteroatoms. The summed E-state index contributed by atoms with van der Waals surface area (Å²) in [7, 11) is 0. The number of benzene rings is 3. The number of unbranched alkanes of at least 4 members (excludes halogenated alkanes) is 1. The molecule has 4 aromatic rings. The molecule has 162 valence electrons. The van der Waals surface area contributed by atoms with E-state index in [-0.39, 0.29) is 11.5 Å². The number of aryl methyl sites for hydroxylation is 1. The number of anilines is 1. The number of fused-ring (bicyclic) bond motifs is 1. The molecule has 32 heavy (non-hydrogen) atoms. The van der Waals surface area contributed by atoms with Gasteiger partial charge in [0.05, 0.1) is 12.2 Å². The highest BCUT2D eigenvalue weighted by atomic mass is 16.5. The van der Waals surface area contributed by atoms with Crippen LogP contribution < -0.4 is 15.7 Å². The zero-order valence-corrected chi connectivity index (χ0v) is 18.2. The molecule has 4 rings (SSSR count). The Hall–Kier alpha value is -3.86. The van der Waals surface area contributed by atoms with Gasteiger partial charge in [-0.1, -0.05) is 43.7 Å². The number of para-hydroxylation sites is 1. The number of rotatable bonds is 7. The van der Waals surface area contributed by atoms with E-state index in [9.17, 15) is 9.59 Å². The van der Waals surface area contributed by atoms with Gasteiger partial charge in [-0.2, -0.15) is 0 Å². The molecule has 0 aliphatic rings. The van der Waals surface area contributed by atoms with Crippen molar-refractivity contribution in [3.05, 3.63) is 94.3 Å². The van der Waals surface area contributed by atoms with Crippen molar-refractivity contribution in [3.8, 4) is 16.9 Å². The number of carbonyl (C=O) groups excluding carboxylic acids is 1. The van der Waals surface area contributed by atoms with Crippen molar-refractivity contribution >= 4 is 22.6 Å². The lowest BCUT2D eigenvalue weighted by molar-refractivity contribution is 0.102. The van der Waals surface area contributed by atoms with E-state index in [0.717, 1.165) is 29.4 Å². The maximum atomic E-state index is 12.7. The van der Waals surface area contributed by atoms with Gasteiger partial charge in [0.25, 0.3) is 5.91 Å². The summed E-state index contributed by atoms with van der Waals surface area (Å²) < 4.78 is 11.2. The molecule has 0 saturated heterocycles. The molecule has 0 bridgehead atoms. The highest BCUT2D eigenvalue weighted by molar-refractivity contribution is 6.04. The normalized spacial score (nSPS) is 10.8. The van der Waals surface area contributed by atoms with Crippen LogP contribution in [0.4, 0.5) is 5.69 Å². The predicted octanol–water partition coefficient (Wildman–Crippen LogP) is 6.20. The topological polar surface area (TPSA) is 68.5 Å². The van der Waals surface area contributed by atoms with Crippen molar-refractivity contribution < 1.29 is 13.9 Å². The van der Waals surface area contributed by atoms with Crippen molar-refractivity contribution in [1.82, 2.24) is 0 Å². The summed E-state index contributed by atoms with van der Waals surface area (Å²) in [5, 5.41) is 3.78. The second-order valence-electron chi connectivity index (χ2n) is 7.70. The van der Waals surface area contributed by atoms with Gasteiger partial charge in [-0.15, -0.1) is 0 Å². The van der Waals surface area contributed by atoms with Crippen LogP contribution >= 0.6 is 0 Å². The summed E-state index contributed by atoms with van der Waals surface area (Å²) in [6, 6.07) is 21.9. The van der Waals surface area contributed by atoms with E-state index < -0.39 is 0 Å². The zero-order valence-electron chi connectivity index (χ0n) is 18.2. The fraction of sp³-hybridized carbons (Fsp3) is 0.185. The number of ether oxygens (including phenoxy) is 1. The Balaban J connectivity index is 1.54. The van der Waals surface area contributed by atoms with Crippen LogP contribution in [0.1, 0.15) is 35.7 Å². The summed E-state index contributed by atoms with van der Waals surface area (Å²) in [4.78, 5) is 25.2. The summed E-state index contributed by atoms with van der Waals surface area (Å²) in [6.45, 7) is 4.64. The van der Waals surface area contributed by atoms with E-state index in [1.54, 1.807) is 24.3 Å². The van der Waals surface area contributed by atoms with Gasteiger partial charge in [-0.25, -0.2) is 4.79 Å². The lowest BCUT2D eigenvalue weighted by Crippen LogP contribution is -2.12. The molecule has 0 unspecified atom stereocenters. The maximum absolute atomic E-state index is 12.7. The van der Waals surface area contributed by atoms with Crippen LogP contribution in [0.25, 0.3) is 22.1 Å². The Morgan fingerprint density at radius 3 is 2.62 bits per heavy atom. The highest BCUT2D eigenvalue weighted by Crippen LogP contribution is 2.26. The van der Waals surface area contributed by atoms with Gasteiger partial charge in [0.2, 0.25) is 0 Å². The summed E-state index contributed by atoms with van der Waals surface area (Å²) in [6.07, 6.45) is 2.02. The van der Waals surface area contributed by atoms with Crippen LogP contribution in [0.3, 0.4) is 0 Å². The predicted molar refractivity (Wildman–Crippen MR) is 127 cm³/mol. The molecule has 1 N–H and O–H groups in total. The minimum absolute atomic E-state index is 0.219. The van der Waals surface area contributed by atoms with E-state index in [2.05, 4.69) is 12.2 Å². The first-order chi connectivity index (χ1) is 15.5. The second kappa shape index (κ2) is 9.52. The number of hydrogen-bond donors (Lipinski definition) is 1. The SMILES string of the molecule is CCCCOc1cccc(C(=O)Nc2ccc(-c3cc4ccccc4oc3=O)c(C)c2)c1. The van der Waals surface area contributed by atoms with Gasteiger partial charge in [0.15, 0.2) is 0 Å². The number of nitrogens with one attached hydrogen (secondary N) is 1. The smallest absolute Gasteiger partial charge is 0.344 e. The lowest BCUT2D eigenvalue weighted by Gasteiger charge is -2.11.